The molecule has 1 aromatic heterocycles. The highest BCUT2D eigenvalue weighted by molar-refractivity contribution is 5.94. The van der Waals surface area contributed by atoms with Crippen molar-refractivity contribution in [3.8, 4) is 0 Å². The van der Waals surface area contributed by atoms with E-state index in [1.165, 1.54) is 6.26 Å². The molecule has 1 saturated carbocycles. The molecule has 1 aromatic carbocycles. The Kier molecular flexibility index (Phi) is 3.96. The van der Waals surface area contributed by atoms with Crippen LogP contribution in [0.3, 0.4) is 0 Å². The van der Waals surface area contributed by atoms with Gasteiger partial charge in [0.05, 0.1) is 12.3 Å². The van der Waals surface area contributed by atoms with Gasteiger partial charge in [0.1, 0.15) is 0 Å². The third-order valence-electron chi connectivity index (χ3n) is 3.72. The van der Waals surface area contributed by atoms with E-state index in [2.05, 4.69) is 10.6 Å². The molecular weight excluding hydrogens is 280 g/mol. The average molecular weight is 298 g/mol. The second-order valence-electron chi connectivity index (χ2n) is 5.56. The first-order valence-corrected chi connectivity index (χ1v) is 7.38. The minimum absolute atomic E-state index is 0.0897. The highest BCUT2D eigenvalue weighted by atomic mass is 16.3. The fraction of sp³-hybridized carbons (Fsp3) is 0.294. The van der Waals surface area contributed by atoms with Gasteiger partial charge in [0.2, 0.25) is 5.91 Å². The summed E-state index contributed by atoms with van der Waals surface area (Å²) < 4.78 is 5.06. The van der Waals surface area contributed by atoms with Crippen LogP contribution in [0.1, 0.15) is 41.9 Å². The van der Waals surface area contributed by atoms with Gasteiger partial charge in [-0.2, -0.15) is 0 Å². The van der Waals surface area contributed by atoms with Gasteiger partial charge >= 0.3 is 0 Å². The maximum absolute atomic E-state index is 11.9. The lowest BCUT2D eigenvalue weighted by Crippen LogP contribution is -2.26. The Hall–Kier alpha value is -2.56. The van der Waals surface area contributed by atoms with E-state index in [0.29, 0.717) is 5.76 Å². The molecular formula is C17H18N2O3. The van der Waals surface area contributed by atoms with Crippen molar-refractivity contribution >= 4 is 17.5 Å². The number of furan rings is 1. The molecule has 0 aliphatic heterocycles. The molecule has 1 fully saturated rings. The largest absolute Gasteiger partial charge is 0.459 e. The maximum Gasteiger partial charge on any atom is 0.287 e. The Balaban J connectivity index is 1.59. The molecule has 1 aliphatic carbocycles. The van der Waals surface area contributed by atoms with Crippen LogP contribution < -0.4 is 10.6 Å². The number of anilines is 1. The van der Waals surface area contributed by atoms with Crippen LogP contribution in [0.5, 0.6) is 0 Å². The van der Waals surface area contributed by atoms with E-state index < -0.39 is 0 Å². The lowest BCUT2D eigenvalue weighted by molar-refractivity contribution is -0.117. The number of rotatable bonds is 5. The van der Waals surface area contributed by atoms with Gasteiger partial charge in [0.25, 0.3) is 5.91 Å². The summed E-state index contributed by atoms with van der Waals surface area (Å²) in [5.41, 5.74) is 1.74. The normalized spacial score (nSPS) is 15.1. The minimum atomic E-state index is -0.247. The van der Waals surface area contributed by atoms with Crippen molar-refractivity contribution in [3.05, 3.63) is 54.0 Å². The Labute approximate surface area is 128 Å². The van der Waals surface area contributed by atoms with E-state index in [1.54, 1.807) is 12.1 Å². The van der Waals surface area contributed by atoms with E-state index in [-0.39, 0.29) is 23.8 Å². The molecule has 114 valence electrons. The second kappa shape index (κ2) is 6.05. The van der Waals surface area contributed by atoms with Crippen molar-refractivity contribution in [1.82, 2.24) is 5.32 Å². The zero-order valence-electron chi connectivity index (χ0n) is 12.3. The van der Waals surface area contributed by atoms with E-state index >= 15 is 0 Å². The lowest BCUT2D eigenvalue weighted by atomic mass is 10.1. The van der Waals surface area contributed by atoms with Gasteiger partial charge in [-0.05, 0) is 49.6 Å². The number of carbonyl (C=O) groups is 2. The second-order valence-corrected chi connectivity index (χ2v) is 5.56. The van der Waals surface area contributed by atoms with E-state index in [1.807, 2.05) is 31.2 Å². The first-order chi connectivity index (χ1) is 10.6. The summed E-state index contributed by atoms with van der Waals surface area (Å²) in [6, 6.07) is 10.7. The Bertz CT molecular complexity index is 658. The summed E-state index contributed by atoms with van der Waals surface area (Å²) in [5, 5.41) is 5.76. The molecule has 22 heavy (non-hydrogen) atoms. The average Bonchev–Trinajstić information content (AvgIpc) is 3.22. The maximum atomic E-state index is 11.9. The third kappa shape index (κ3) is 3.36. The molecule has 3 rings (SSSR count). The van der Waals surface area contributed by atoms with Crippen LogP contribution in [0.25, 0.3) is 0 Å². The van der Waals surface area contributed by atoms with Crippen LogP contribution in [0.2, 0.25) is 0 Å². The fourth-order valence-electron chi connectivity index (χ4n) is 2.20. The number of amides is 2. The highest BCUT2D eigenvalue weighted by Crippen LogP contribution is 2.30. The molecule has 5 nitrogen and oxygen atoms in total. The molecule has 1 atom stereocenters. The van der Waals surface area contributed by atoms with Gasteiger partial charge in [-0.25, -0.2) is 0 Å². The van der Waals surface area contributed by atoms with Gasteiger partial charge in [-0.3, -0.25) is 9.59 Å². The van der Waals surface area contributed by atoms with Crippen LogP contribution in [0, 0.1) is 5.92 Å². The molecule has 0 radical (unpaired) electrons. The molecule has 2 aromatic rings. The van der Waals surface area contributed by atoms with Crippen LogP contribution in [0.15, 0.2) is 47.1 Å². The quantitative estimate of drug-likeness (QED) is 0.891. The van der Waals surface area contributed by atoms with Crippen LogP contribution in [-0.2, 0) is 4.79 Å². The zero-order valence-corrected chi connectivity index (χ0v) is 12.3. The summed E-state index contributed by atoms with van der Waals surface area (Å²) >= 11 is 0. The fourth-order valence-corrected chi connectivity index (χ4v) is 2.20. The predicted molar refractivity (Wildman–Crippen MR) is 82.4 cm³/mol. The lowest BCUT2D eigenvalue weighted by Gasteiger charge is -2.14. The number of benzene rings is 1. The Morgan fingerprint density at radius 1 is 1.18 bits per heavy atom. The SMILES string of the molecule is CC(NC(=O)c1ccco1)c1ccc(NC(=O)C2CC2)cc1. The summed E-state index contributed by atoms with van der Waals surface area (Å²) in [6.07, 6.45) is 3.44. The predicted octanol–water partition coefficient (Wildman–Crippen LogP) is 3.12. The van der Waals surface area contributed by atoms with Crippen LogP contribution >= 0.6 is 0 Å². The van der Waals surface area contributed by atoms with Gasteiger partial charge in [0, 0.05) is 11.6 Å². The summed E-state index contributed by atoms with van der Waals surface area (Å²) in [4.78, 5) is 23.6. The molecule has 1 heterocycles. The van der Waals surface area contributed by atoms with Crippen molar-refractivity contribution in [2.24, 2.45) is 5.92 Å². The summed E-state index contributed by atoms with van der Waals surface area (Å²) in [7, 11) is 0. The van der Waals surface area contributed by atoms with Crippen LogP contribution in [0.4, 0.5) is 5.69 Å². The van der Waals surface area contributed by atoms with Crippen molar-refractivity contribution in [3.63, 3.8) is 0 Å². The molecule has 1 aliphatic rings. The number of hydrogen-bond acceptors (Lipinski definition) is 3. The van der Waals surface area contributed by atoms with E-state index in [4.69, 9.17) is 4.42 Å². The molecule has 0 saturated heterocycles. The van der Waals surface area contributed by atoms with Crippen molar-refractivity contribution < 1.29 is 14.0 Å². The van der Waals surface area contributed by atoms with E-state index in [9.17, 15) is 9.59 Å². The first kappa shape index (κ1) is 14.4. The first-order valence-electron chi connectivity index (χ1n) is 7.38. The minimum Gasteiger partial charge on any atom is -0.459 e. The van der Waals surface area contributed by atoms with Crippen LogP contribution in [-0.4, -0.2) is 11.8 Å². The van der Waals surface area contributed by atoms with Gasteiger partial charge < -0.3 is 15.1 Å². The molecule has 2 N–H and O–H groups in total. The molecule has 5 heteroatoms. The molecule has 0 bridgehead atoms. The standard InChI is InChI=1S/C17H18N2O3/c1-11(18-17(21)15-3-2-10-22-15)12-6-8-14(9-7-12)19-16(20)13-4-5-13/h2-3,6-11,13H,4-5H2,1H3,(H,18,21)(H,19,20). The molecule has 0 spiro atoms. The smallest absolute Gasteiger partial charge is 0.287 e. The van der Waals surface area contributed by atoms with E-state index in [0.717, 1.165) is 24.1 Å². The third-order valence-corrected chi connectivity index (χ3v) is 3.72. The topological polar surface area (TPSA) is 71.3 Å². The molecule has 1 unspecified atom stereocenters. The highest BCUT2D eigenvalue weighted by Gasteiger charge is 2.29. The van der Waals surface area contributed by atoms with Gasteiger partial charge in [-0.1, -0.05) is 12.1 Å². The van der Waals surface area contributed by atoms with Crippen molar-refractivity contribution in [2.75, 3.05) is 5.32 Å². The number of nitrogens with one attached hydrogen (secondary N) is 2. The summed E-state index contributed by atoms with van der Waals surface area (Å²) in [6.45, 7) is 1.90. The van der Waals surface area contributed by atoms with Gasteiger partial charge in [-0.15, -0.1) is 0 Å². The van der Waals surface area contributed by atoms with Crippen molar-refractivity contribution in [1.29, 1.82) is 0 Å². The molecule has 2 amide bonds. The Morgan fingerprint density at radius 3 is 2.50 bits per heavy atom. The van der Waals surface area contributed by atoms with Gasteiger partial charge in [0.15, 0.2) is 5.76 Å². The summed E-state index contributed by atoms with van der Waals surface area (Å²) in [5.74, 6) is 0.321. The van der Waals surface area contributed by atoms with Crippen molar-refractivity contribution in [2.45, 2.75) is 25.8 Å². The zero-order chi connectivity index (χ0) is 15.5. The Morgan fingerprint density at radius 2 is 1.91 bits per heavy atom. The monoisotopic (exact) mass is 298 g/mol. The number of carbonyl (C=O) groups excluding carboxylic acids is 2. The number of hydrogen-bond donors (Lipinski definition) is 2.